The Morgan fingerprint density at radius 3 is 1.28 bits per heavy atom. The maximum Gasteiger partial charge on any atom is 0.125 e. The number of ether oxygens (including phenoxy) is 7. The third-order valence-corrected chi connectivity index (χ3v) is 10.3. The van der Waals surface area contributed by atoms with E-state index in [1.807, 2.05) is 217 Å². The molecular formula is C65H88O14. The number of hydrogen-bond acceptors (Lipinski definition) is 14. The highest BCUT2D eigenvalue weighted by Crippen LogP contribution is 2.22. The van der Waals surface area contributed by atoms with Crippen LogP contribution < -0.4 is 33.2 Å². The molecule has 432 valence electrons. The molecule has 7 aromatic rings. The first-order chi connectivity index (χ1) is 38.3. The quantitative estimate of drug-likeness (QED) is 0.0337. The summed E-state index contributed by atoms with van der Waals surface area (Å²) in [4.78, 5) is 0. The van der Waals surface area contributed by atoms with Gasteiger partial charge in [0.05, 0.1) is 45.7 Å². The fourth-order valence-electron chi connectivity index (χ4n) is 6.34. The zero-order valence-electron chi connectivity index (χ0n) is 47.6. The van der Waals surface area contributed by atoms with Gasteiger partial charge >= 0.3 is 0 Å². The lowest BCUT2D eigenvalue weighted by Crippen LogP contribution is -2.15. The molecule has 7 N–H and O–H groups in total. The minimum Gasteiger partial charge on any atom is -0.491 e. The highest BCUT2D eigenvalue weighted by Gasteiger charge is 2.03. The summed E-state index contributed by atoms with van der Waals surface area (Å²) in [6.07, 6.45) is 0.425. The topological polar surface area (TPSA) is 206 Å². The third-order valence-electron chi connectivity index (χ3n) is 10.3. The first kappa shape index (κ1) is 69.9. The lowest BCUT2D eigenvalue weighted by molar-refractivity contribution is 0.123. The van der Waals surface area contributed by atoms with Gasteiger partial charge in [-0.25, -0.2) is 0 Å². The van der Waals surface area contributed by atoms with Crippen molar-refractivity contribution in [2.45, 2.75) is 74.0 Å². The van der Waals surface area contributed by atoms with E-state index < -0.39 is 6.10 Å². The van der Waals surface area contributed by atoms with E-state index >= 15 is 0 Å². The Kier molecular flexibility index (Phi) is 40.5. The molecule has 14 nitrogen and oxygen atoms in total. The summed E-state index contributed by atoms with van der Waals surface area (Å²) in [5.41, 5.74) is 6.79. The van der Waals surface area contributed by atoms with Gasteiger partial charge in [0.15, 0.2) is 0 Å². The molecule has 0 bridgehead atoms. The number of rotatable bonds is 22. The van der Waals surface area contributed by atoms with E-state index in [4.69, 9.17) is 68.9 Å². The van der Waals surface area contributed by atoms with E-state index in [0.29, 0.717) is 39.6 Å². The van der Waals surface area contributed by atoms with Crippen molar-refractivity contribution >= 4 is 0 Å². The van der Waals surface area contributed by atoms with Crippen LogP contribution in [0.4, 0.5) is 0 Å². The van der Waals surface area contributed by atoms with Crippen LogP contribution in [0.1, 0.15) is 54.2 Å². The number of benzene rings is 7. The van der Waals surface area contributed by atoms with Crippen molar-refractivity contribution in [3.63, 3.8) is 0 Å². The minimum absolute atomic E-state index is 0.0505. The predicted octanol–water partition coefficient (Wildman–Crippen LogP) is 10.3. The smallest absolute Gasteiger partial charge is 0.125 e. The van der Waals surface area contributed by atoms with Crippen LogP contribution in [0.25, 0.3) is 0 Å². The largest absolute Gasteiger partial charge is 0.491 e. The maximum absolute atomic E-state index is 8.89. The summed E-state index contributed by atoms with van der Waals surface area (Å²) >= 11 is 0. The Hall–Kier alpha value is -7.14. The summed E-state index contributed by atoms with van der Waals surface area (Å²) in [6, 6.07) is 56.0. The number of aliphatic hydroxyl groups excluding tert-OH is 7. The molecule has 0 radical (unpaired) electrons. The number of hydrogen-bond donors (Lipinski definition) is 7. The Labute approximate surface area is 470 Å². The summed E-state index contributed by atoms with van der Waals surface area (Å²) in [5, 5.41) is 60.2. The molecular weight excluding hydrogens is 1000 g/mol. The van der Waals surface area contributed by atoms with Crippen molar-refractivity contribution in [2.75, 3.05) is 79.3 Å². The van der Waals surface area contributed by atoms with Gasteiger partial charge in [0, 0.05) is 0 Å². The van der Waals surface area contributed by atoms with Gasteiger partial charge in [0.2, 0.25) is 0 Å². The maximum atomic E-state index is 8.89. The fourth-order valence-corrected chi connectivity index (χ4v) is 6.34. The molecule has 7 aromatic carbocycles. The number of aryl methyl sites for hydroxylation is 6. The molecule has 0 saturated carbocycles. The zero-order chi connectivity index (χ0) is 58.3. The van der Waals surface area contributed by atoms with E-state index in [9.17, 15) is 0 Å². The van der Waals surface area contributed by atoms with Gasteiger partial charge in [-0.2, -0.15) is 0 Å². The van der Waals surface area contributed by atoms with E-state index in [-0.39, 0.29) is 45.7 Å². The van der Waals surface area contributed by atoms with Crippen LogP contribution in [0.15, 0.2) is 176 Å². The molecule has 2 unspecified atom stereocenters. The molecule has 0 spiro atoms. The Balaban J connectivity index is 0.000000461. The summed E-state index contributed by atoms with van der Waals surface area (Å²) in [7, 11) is 0. The van der Waals surface area contributed by atoms with Gasteiger partial charge in [-0.1, -0.05) is 128 Å². The molecule has 14 heteroatoms. The van der Waals surface area contributed by atoms with Crippen LogP contribution in [0, 0.1) is 34.6 Å². The molecule has 0 aliphatic carbocycles. The van der Waals surface area contributed by atoms with Crippen LogP contribution in [-0.2, 0) is 6.42 Å². The molecule has 2 atom stereocenters. The predicted molar refractivity (Wildman–Crippen MR) is 315 cm³/mol. The molecule has 0 aliphatic rings. The van der Waals surface area contributed by atoms with Gasteiger partial charge in [0.1, 0.15) is 86.0 Å². The van der Waals surface area contributed by atoms with Crippen LogP contribution >= 0.6 is 0 Å². The summed E-state index contributed by atoms with van der Waals surface area (Å²) < 4.78 is 36.9. The van der Waals surface area contributed by atoms with Crippen molar-refractivity contribution in [3.05, 3.63) is 209 Å². The average Bonchev–Trinajstić information content (AvgIpc) is 3.47. The van der Waals surface area contributed by atoms with E-state index in [0.717, 1.165) is 68.9 Å². The van der Waals surface area contributed by atoms with Crippen LogP contribution in [0.2, 0.25) is 0 Å². The van der Waals surface area contributed by atoms with Crippen molar-refractivity contribution < 1.29 is 68.9 Å². The number of aliphatic hydroxyl groups is 7. The van der Waals surface area contributed by atoms with E-state index in [1.54, 1.807) is 6.92 Å². The lowest BCUT2D eigenvalue weighted by atomic mass is 10.1. The summed E-state index contributed by atoms with van der Waals surface area (Å²) in [6.45, 7) is 18.2. The van der Waals surface area contributed by atoms with Gasteiger partial charge in [-0.15, -0.1) is 0 Å². The molecule has 0 amide bonds. The van der Waals surface area contributed by atoms with E-state index in [2.05, 4.69) is 6.92 Å². The molecule has 0 aliphatic heterocycles. The molecule has 79 heavy (non-hydrogen) atoms. The van der Waals surface area contributed by atoms with E-state index in [1.165, 1.54) is 11.1 Å². The standard InChI is InChI=1S/3C10H14O2.3C9H12O2.C8H10O2/c1-8-3-4-9(2)10(7-8)12-6-5-11;1-8-4-3-5-9(2)10(8)12-7-6-11;1-2-9-5-3-4-6-10(9)12-8-7-11;1-8-4-2-3-5-9(8)11-7-6-10;1-8(10)7-11-9-5-3-2-4-6-9;1-8(7-10)11-9-5-3-2-4-6-9;9-6-7-10-8-4-2-1-3-5-8/h3-4,7,11H,5-6H2,1-2H3;3-5,11H,6-7H2,1-2H3;3-6,11H,2,7-8H2,1H3;2-5,10H,6-7H2,1H3;2*2-6,8,10H,7H2,1H3;1-5,9H,6-7H2. The van der Waals surface area contributed by atoms with Gasteiger partial charge < -0.3 is 68.9 Å². The Bertz CT molecular complexity index is 2490. The average molecular weight is 1090 g/mol. The van der Waals surface area contributed by atoms with Crippen molar-refractivity contribution in [1.82, 2.24) is 0 Å². The van der Waals surface area contributed by atoms with Crippen LogP contribution in [0.5, 0.6) is 40.2 Å². The highest BCUT2D eigenvalue weighted by molar-refractivity contribution is 5.40. The van der Waals surface area contributed by atoms with Gasteiger partial charge in [0.25, 0.3) is 0 Å². The van der Waals surface area contributed by atoms with Crippen LogP contribution in [0.3, 0.4) is 0 Å². The highest BCUT2D eigenvalue weighted by atomic mass is 16.5. The fraction of sp³-hybridized carbons (Fsp3) is 0.354. The second-order valence-electron chi connectivity index (χ2n) is 17.3. The second kappa shape index (κ2) is 45.8. The SMILES string of the molecule is CC(CO)Oc1ccccc1.CC(O)COc1ccccc1.CCc1ccccc1OCCO.Cc1ccc(C)c(OCCO)c1.Cc1cccc(C)c1OCCO.Cc1ccccc1OCCO.OCCOc1ccccc1. The normalized spacial score (nSPS) is 10.5. The van der Waals surface area contributed by atoms with Gasteiger partial charge in [-0.05, 0) is 143 Å². The lowest BCUT2D eigenvalue weighted by Gasteiger charge is -2.10. The first-order valence-corrected chi connectivity index (χ1v) is 26.5. The molecule has 0 saturated heterocycles. The molecule has 0 heterocycles. The van der Waals surface area contributed by atoms with Crippen molar-refractivity contribution in [2.24, 2.45) is 0 Å². The molecule has 0 fully saturated rings. The monoisotopic (exact) mass is 1090 g/mol. The molecule has 0 aromatic heterocycles. The van der Waals surface area contributed by atoms with Crippen LogP contribution in [-0.4, -0.2) is 127 Å². The third kappa shape index (κ3) is 34.4. The Morgan fingerprint density at radius 1 is 0.380 bits per heavy atom. The number of para-hydroxylation sites is 6. The Morgan fingerprint density at radius 2 is 0.785 bits per heavy atom. The zero-order valence-corrected chi connectivity index (χ0v) is 47.6. The second-order valence-corrected chi connectivity index (χ2v) is 17.3. The molecule has 7 rings (SSSR count). The van der Waals surface area contributed by atoms with Crippen molar-refractivity contribution in [3.8, 4) is 40.2 Å². The summed E-state index contributed by atoms with van der Waals surface area (Å²) in [5.74, 6) is 5.89. The first-order valence-electron chi connectivity index (χ1n) is 26.5. The minimum atomic E-state index is -0.407. The van der Waals surface area contributed by atoms with Crippen molar-refractivity contribution in [1.29, 1.82) is 0 Å². The van der Waals surface area contributed by atoms with Gasteiger partial charge in [-0.3, -0.25) is 0 Å².